The van der Waals surface area contributed by atoms with Gasteiger partial charge in [0.15, 0.2) is 0 Å². The van der Waals surface area contributed by atoms with Crippen molar-refractivity contribution in [1.82, 2.24) is 14.1 Å². The molecule has 0 aromatic carbocycles. The van der Waals surface area contributed by atoms with E-state index in [1.54, 1.807) is 16.8 Å². The quantitative estimate of drug-likeness (QED) is 0.865. The number of hydrogen-bond acceptors (Lipinski definition) is 3. The number of aryl methyl sites for hydroxylation is 2. The normalized spacial score (nSPS) is 10.6. The molecule has 2 aromatic heterocycles. The van der Waals surface area contributed by atoms with Gasteiger partial charge in [-0.15, -0.1) is 0 Å². The third-order valence-corrected chi connectivity index (χ3v) is 3.04. The molecule has 0 spiro atoms. The molecule has 0 aliphatic carbocycles. The van der Waals surface area contributed by atoms with E-state index in [0.717, 1.165) is 31.0 Å². The molecule has 0 atom stereocenters. The Morgan fingerprint density at radius 1 is 1.26 bits per heavy atom. The first-order chi connectivity index (χ1) is 9.24. The number of aromatic nitrogens is 3. The van der Waals surface area contributed by atoms with E-state index in [-0.39, 0.29) is 5.56 Å². The largest absolute Gasteiger partial charge is 0.377 e. The molecule has 0 radical (unpaired) electrons. The highest BCUT2D eigenvalue weighted by atomic mass is 16.1. The van der Waals surface area contributed by atoms with Gasteiger partial charge in [-0.3, -0.25) is 4.79 Å². The highest BCUT2D eigenvalue weighted by Crippen LogP contribution is 2.06. The Morgan fingerprint density at radius 3 is 2.84 bits per heavy atom. The van der Waals surface area contributed by atoms with E-state index in [1.807, 2.05) is 18.5 Å². The van der Waals surface area contributed by atoms with Crippen LogP contribution in [0.1, 0.15) is 26.1 Å². The lowest BCUT2D eigenvalue weighted by Gasteiger charge is -2.10. The molecule has 2 aromatic rings. The summed E-state index contributed by atoms with van der Waals surface area (Å²) in [6.45, 7) is 6.46. The van der Waals surface area contributed by atoms with Crippen molar-refractivity contribution >= 4 is 5.69 Å². The number of nitrogens with one attached hydrogen (secondary N) is 1. The second kappa shape index (κ2) is 6.22. The topological polar surface area (TPSA) is 51.9 Å². The fourth-order valence-corrected chi connectivity index (χ4v) is 2.03. The van der Waals surface area contributed by atoms with Gasteiger partial charge in [0.05, 0.1) is 12.2 Å². The number of imidazole rings is 1. The van der Waals surface area contributed by atoms with Crippen LogP contribution in [0.2, 0.25) is 0 Å². The van der Waals surface area contributed by atoms with Crippen LogP contribution in [-0.4, -0.2) is 14.1 Å². The number of rotatable bonds is 6. The van der Waals surface area contributed by atoms with Crippen LogP contribution in [0.5, 0.6) is 0 Å². The van der Waals surface area contributed by atoms with Crippen LogP contribution in [0.25, 0.3) is 0 Å². The molecule has 0 bridgehead atoms. The van der Waals surface area contributed by atoms with Crippen LogP contribution >= 0.6 is 0 Å². The van der Waals surface area contributed by atoms with Gasteiger partial charge in [0.2, 0.25) is 0 Å². The van der Waals surface area contributed by atoms with Gasteiger partial charge in [-0.25, -0.2) is 4.98 Å². The molecule has 2 heterocycles. The maximum Gasteiger partial charge on any atom is 0.250 e. The maximum atomic E-state index is 11.6. The Balaban J connectivity index is 2.07. The minimum Gasteiger partial charge on any atom is -0.377 e. The molecule has 0 saturated carbocycles. The van der Waals surface area contributed by atoms with Crippen molar-refractivity contribution in [3.63, 3.8) is 0 Å². The summed E-state index contributed by atoms with van der Waals surface area (Å²) in [5, 5.41) is 3.30. The van der Waals surface area contributed by atoms with Crippen molar-refractivity contribution in [2.45, 2.75) is 39.9 Å². The van der Waals surface area contributed by atoms with Gasteiger partial charge >= 0.3 is 0 Å². The van der Waals surface area contributed by atoms with Crippen molar-refractivity contribution in [1.29, 1.82) is 0 Å². The van der Waals surface area contributed by atoms with E-state index in [0.29, 0.717) is 6.54 Å². The first kappa shape index (κ1) is 13.4. The third kappa shape index (κ3) is 3.24. The summed E-state index contributed by atoms with van der Waals surface area (Å²) >= 11 is 0. The first-order valence-corrected chi connectivity index (χ1v) is 6.69. The van der Waals surface area contributed by atoms with Gasteiger partial charge < -0.3 is 14.5 Å². The van der Waals surface area contributed by atoms with Crippen molar-refractivity contribution in [2.24, 2.45) is 0 Å². The molecule has 0 amide bonds. The van der Waals surface area contributed by atoms with E-state index in [1.165, 1.54) is 0 Å². The number of nitrogens with zero attached hydrogens (tertiary/aromatic N) is 3. The zero-order valence-electron chi connectivity index (χ0n) is 11.5. The lowest BCUT2D eigenvalue weighted by molar-refractivity contribution is 0.654. The van der Waals surface area contributed by atoms with Crippen LogP contribution < -0.4 is 10.9 Å². The SMILES string of the molecule is CCCn1cc(NCc2nccn2CC)ccc1=O. The van der Waals surface area contributed by atoms with E-state index in [2.05, 4.69) is 28.7 Å². The van der Waals surface area contributed by atoms with Crippen molar-refractivity contribution in [3.05, 3.63) is 46.9 Å². The van der Waals surface area contributed by atoms with Gasteiger partial charge in [0.25, 0.3) is 5.56 Å². The van der Waals surface area contributed by atoms with Crippen LogP contribution in [-0.2, 0) is 19.6 Å². The predicted octanol–water partition coefficient (Wildman–Crippen LogP) is 2.09. The molecule has 102 valence electrons. The average molecular weight is 260 g/mol. The minimum atomic E-state index is 0.0439. The molecule has 0 aliphatic heterocycles. The van der Waals surface area contributed by atoms with Gasteiger partial charge in [-0.1, -0.05) is 6.92 Å². The van der Waals surface area contributed by atoms with Gasteiger partial charge in [0.1, 0.15) is 5.82 Å². The minimum absolute atomic E-state index is 0.0439. The summed E-state index contributed by atoms with van der Waals surface area (Å²) in [6.07, 6.45) is 6.59. The van der Waals surface area contributed by atoms with Crippen molar-refractivity contribution in [2.75, 3.05) is 5.32 Å². The standard InChI is InChI=1S/C14H20N4O/c1-3-8-18-11-12(5-6-14(18)19)16-10-13-15-7-9-17(13)4-2/h5-7,9,11,16H,3-4,8,10H2,1-2H3. The van der Waals surface area contributed by atoms with Crippen LogP contribution in [0.4, 0.5) is 5.69 Å². The molecule has 1 N–H and O–H groups in total. The van der Waals surface area contributed by atoms with E-state index in [9.17, 15) is 4.79 Å². The number of hydrogen-bond donors (Lipinski definition) is 1. The molecule has 0 saturated heterocycles. The lowest BCUT2D eigenvalue weighted by Crippen LogP contribution is -2.19. The highest BCUT2D eigenvalue weighted by Gasteiger charge is 2.02. The zero-order valence-corrected chi connectivity index (χ0v) is 11.5. The molecule has 0 unspecified atom stereocenters. The monoisotopic (exact) mass is 260 g/mol. The zero-order chi connectivity index (χ0) is 13.7. The smallest absolute Gasteiger partial charge is 0.250 e. The molecule has 5 heteroatoms. The van der Waals surface area contributed by atoms with Crippen molar-refractivity contribution in [3.8, 4) is 0 Å². The molecule has 0 aliphatic rings. The lowest BCUT2D eigenvalue weighted by atomic mass is 10.3. The van der Waals surface area contributed by atoms with Gasteiger partial charge in [0, 0.05) is 37.7 Å². The molecular formula is C14H20N4O. The van der Waals surface area contributed by atoms with E-state index >= 15 is 0 Å². The summed E-state index contributed by atoms with van der Waals surface area (Å²) in [7, 11) is 0. The summed E-state index contributed by atoms with van der Waals surface area (Å²) in [6, 6.07) is 3.41. The summed E-state index contributed by atoms with van der Waals surface area (Å²) in [4.78, 5) is 15.9. The van der Waals surface area contributed by atoms with E-state index < -0.39 is 0 Å². The van der Waals surface area contributed by atoms with Crippen molar-refractivity contribution < 1.29 is 0 Å². The fraction of sp³-hybridized carbons (Fsp3) is 0.429. The Labute approximate surface area is 112 Å². The Morgan fingerprint density at radius 2 is 2.11 bits per heavy atom. The number of pyridine rings is 1. The molecular weight excluding hydrogens is 240 g/mol. The van der Waals surface area contributed by atoms with Gasteiger partial charge in [-0.05, 0) is 19.4 Å². The van der Waals surface area contributed by atoms with E-state index in [4.69, 9.17) is 0 Å². The van der Waals surface area contributed by atoms with Crippen LogP contribution in [0.3, 0.4) is 0 Å². The fourth-order valence-electron chi connectivity index (χ4n) is 2.03. The Kier molecular flexibility index (Phi) is 4.39. The summed E-state index contributed by atoms with van der Waals surface area (Å²) < 4.78 is 3.82. The maximum absolute atomic E-state index is 11.6. The first-order valence-electron chi connectivity index (χ1n) is 6.69. The number of anilines is 1. The third-order valence-electron chi connectivity index (χ3n) is 3.04. The Hall–Kier alpha value is -2.04. The second-order valence-corrected chi connectivity index (χ2v) is 4.43. The van der Waals surface area contributed by atoms with Crippen LogP contribution in [0.15, 0.2) is 35.5 Å². The average Bonchev–Trinajstić information content (AvgIpc) is 2.87. The second-order valence-electron chi connectivity index (χ2n) is 4.43. The Bertz CT molecular complexity index is 585. The summed E-state index contributed by atoms with van der Waals surface area (Å²) in [5.74, 6) is 0.996. The predicted molar refractivity (Wildman–Crippen MR) is 76.2 cm³/mol. The molecule has 5 nitrogen and oxygen atoms in total. The van der Waals surface area contributed by atoms with Gasteiger partial charge in [-0.2, -0.15) is 0 Å². The summed E-state index contributed by atoms with van der Waals surface area (Å²) in [5.41, 5.74) is 0.987. The molecule has 2 rings (SSSR count). The van der Waals surface area contributed by atoms with Crippen LogP contribution in [0, 0.1) is 0 Å². The highest BCUT2D eigenvalue weighted by molar-refractivity contribution is 5.40. The molecule has 19 heavy (non-hydrogen) atoms. The molecule has 0 fully saturated rings.